The zero-order valence-electron chi connectivity index (χ0n) is 17.2. The van der Waals surface area contributed by atoms with Crippen molar-refractivity contribution in [1.82, 2.24) is 19.7 Å². The van der Waals surface area contributed by atoms with Crippen LogP contribution in [0, 0.1) is 10.1 Å². The van der Waals surface area contributed by atoms with Crippen molar-refractivity contribution in [1.29, 1.82) is 0 Å². The van der Waals surface area contributed by atoms with Gasteiger partial charge in [-0.2, -0.15) is 0 Å². The van der Waals surface area contributed by atoms with Crippen molar-refractivity contribution in [2.24, 2.45) is 0 Å². The predicted octanol–water partition coefficient (Wildman–Crippen LogP) is 3.09. The van der Waals surface area contributed by atoms with E-state index in [1.807, 2.05) is 9.80 Å². The molecule has 0 atom stereocenters. The van der Waals surface area contributed by atoms with E-state index >= 15 is 0 Å². The molecule has 0 bridgehead atoms. The van der Waals surface area contributed by atoms with Gasteiger partial charge in [0.15, 0.2) is 5.16 Å². The first kappa shape index (κ1) is 20.6. The lowest BCUT2D eigenvalue weighted by Crippen LogP contribution is -2.49. The number of hydrogen-bond acceptors (Lipinski definition) is 7. The molecular weight excluding hydrogens is 404 g/mol. The summed E-state index contributed by atoms with van der Waals surface area (Å²) in [6.07, 6.45) is 2.29. The monoisotopic (exact) mass is 430 g/mol. The molecule has 2 aromatic rings. The molecule has 10 heteroatoms. The summed E-state index contributed by atoms with van der Waals surface area (Å²) in [6.45, 7) is 6.49. The Balaban J connectivity index is 1.34. The van der Waals surface area contributed by atoms with E-state index in [0.717, 1.165) is 23.8 Å². The molecule has 2 aliphatic rings. The molecule has 4 rings (SSSR count). The molecule has 1 aliphatic carbocycles. The minimum Gasteiger partial charge on any atom is -0.362 e. The highest BCUT2D eigenvalue weighted by molar-refractivity contribution is 7.99. The summed E-state index contributed by atoms with van der Waals surface area (Å²) in [5.74, 6) is 1.69. The number of carbonyl (C=O) groups excluding carboxylic acids is 1. The van der Waals surface area contributed by atoms with Gasteiger partial charge in [-0.3, -0.25) is 14.9 Å². The van der Waals surface area contributed by atoms with Gasteiger partial charge in [0.05, 0.1) is 10.7 Å². The lowest BCUT2D eigenvalue weighted by Gasteiger charge is -2.35. The Bertz CT molecular complexity index is 934. The van der Waals surface area contributed by atoms with Gasteiger partial charge in [0.25, 0.3) is 5.69 Å². The van der Waals surface area contributed by atoms with Gasteiger partial charge in [0.1, 0.15) is 11.5 Å². The van der Waals surface area contributed by atoms with Crippen LogP contribution in [0.25, 0.3) is 0 Å². The molecule has 1 aromatic carbocycles. The lowest BCUT2D eigenvalue weighted by molar-refractivity contribution is -0.384. The van der Waals surface area contributed by atoms with Gasteiger partial charge in [-0.25, -0.2) is 0 Å². The molecule has 0 radical (unpaired) electrons. The molecule has 0 spiro atoms. The fourth-order valence-electron chi connectivity index (χ4n) is 3.76. The molecule has 1 aromatic heterocycles. The topological polar surface area (TPSA) is 97.4 Å². The van der Waals surface area contributed by atoms with Crippen molar-refractivity contribution >= 4 is 29.0 Å². The summed E-state index contributed by atoms with van der Waals surface area (Å²) in [7, 11) is 0. The van der Waals surface area contributed by atoms with E-state index in [2.05, 4.69) is 28.6 Å². The van der Waals surface area contributed by atoms with Crippen molar-refractivity contribution in [3.05, 3.63) is 40.2 Å². The van der Waals surface area contributed by atoms with Crippen LogP contribution in [0.3, 0.4) is 0 Å². The van der Waals surface area contributed by atoms with Crippen LogP contribution >= 0.6 is 11.8 Å². The van der Waals surface area contributed by atoms with Gasteiger partial charge >= 0.3 is 0 Å². The number of nitrogens with zero attached hydrogens (tertiary/aromatic N) is 6. The van der Waals surface area contributed by atoms with Crippen molar-refractivity contribution in [2.45, 2.75) is 43.8 Å². The Labute approximate surface area is 179 Å². The minimum absolute atomic E-state index is 0.0682. The molecule has 1 saturated heterocycles. The fourth-order valence-corrected chi connectivity index (χ4v) is 4.67. The van der Waals surface area contributed by atoms with Crippen LogP contribution in [0.4, 0.5) is 11.4 Å². The summed E-state index contributed by atoms with van der Waals surface area (Å²) in [6, 6.07) is 7.23. The van der Waals surface area contributed by atoms with Crippen LogP contribution in [0.15, 0.2) is 29.4 Å². The van der Waals surface area contributed by atoms with E-state index in [0.29, 0.717) is 49.6 Å². The van der Waals surface area contributed by atoms with E-state index in [4.69, 9.17) is 0 Å². The first-order chi connectivity index (χ1) is 14.5. The standard InChI is InChI=1S/C20H26N6O3S/c1-14(2)19-21-22-20(25(19)15-7-8-15)30-13-18(27)24-11-9-23(10-12-24)16-5-3-4-6-17(16)26(28)29/h3-6,14-15H,7-13H2,1-2H3. The third-order valence-corrected chi connectivity index (χ3v) is 6.42. The second-order valence-corrected chi connectivity index (χ2v) is 8.94. The average Bonchev–Trinajstić information content (AvgIpc) is 3.50. The van der Waals surface area contributed by atoms with Crippen molar-refractivity contribution in [3.8, 4) is 0 Å². The summed E-state index contributed by atoms with van der Waals surface area (Å²) in [4.78, 5) is 27.5. The number of thioether (sulfide) groups is 1. The Morgan fingerprint density at radius 3 is 2.53 bits per heavy atom. The first-order valence-electron chi connectivity index (χ1n) is 10.3. The molecule has 9 nitrogen and oxygen atoms in total. The molecule has 1 aliphatic heterocycles. The minimum atomic E-state index is -0.356. The molecule has 2 heterocycles. The van der Waals surface area contributed by atoms with Gasteiger partial charge in [-0.05, 0) is 18.9 Å². The van der Waals surface area contributed by atoms with Crippen molar-refractivity contribution in [2.75, 3.05) is 36.8 Å². The van der Waals surface area contributed by atoms with Crippen LogP contribution in [-0.2, 0) is 4.79 Å². The largest absolute Gasteiger partial charge is 0.362 e. The summed E-state index contributed by atoms with van der Waals surface area (Å²) in [5, 5.41) is 20.8. The molecule has 0 unspecified atom stereocenters. The van der Waals surface area contributed by atoms with E-state index in [1.165, 1.54) is 17.8 Å². The zero-order chi connectivity index (χ0) is 21.3. The number of carbonyl (C=O) groups is 1. The molecule has 30 heavy (non-hydrogen) atoms. The Hall–Kier alpha value is -2.62. The molecular formula is C20H26N6O3S. The van der Waals surface area contributed by atoms with Crippen molar-refractivity contribution < 1.29 is 9.72 Å². The van der Waals surface area contributed by atoms with E-state index in [9.17, 15) is 14.9 Å². The van der Waals surface area contributed by atoms with Crippen LogP contribution in [0.1, 0.15) is 44.5 Å². The van der Waals surface area contributed by atoms with Gasteiger partial charge in [0, 0.05) is 44.2 Å². The summed E-state index contributed by atoms with van der Waals surface area (Å²) < 4.78 is 2.20. The third kappa shape index (κ3) is 4.28. The number of nitro groups is 1. The summed E-state index contributed by atoms with van der Waals surface area (Å²) in [5.41, 5.74) is 0.718. The van der Waals surface area contributed by atoms with Gasteiger partial charge < -0.3 is 14.4 Å². The smallest absolute Gasteiger partial charge is 0.292 e. The second-order valence-electron chi connectivity index (χ2n) is 8.00. The quantitative estimate of drug-likeness (QED) is 0.378. The number of para-hydroxylation sites is 2. The summed E-state index contributed by atoms with van der Waals surface area (Å²) >= 11 is 1.45. The maximum Gasteiger partial charge on any atom is 0.292 e. The van der Waals surface area contributed by atoms with E-state index < -0.39 is 0 Å². The number of benzene rings is 1. The number of anilines is 1. The number of rotatable bonds is 7. The van der Waals surface area contributed by atoms with E-state index in [1.54, 1.807) is 18.2 Å². The van der Waals surface area contributed by atoms with E-state index in [-0.39, 0.29) is 16.5 Å². The third-order valence-electron chi connectivity index (χ3n) is 5.50. The maximum absolute atomic E-state index is 12.7. The molecule has 1 amide bonds. The number of nitro benzene ring substituents is 1. The molecule has 2 fully saturated rings. The highest BCUT2D eigenvalue weighted by Gasteiger charge is 2.31. The number of hydrogen-bond donors (Lipinski definition) is 0. The number of aromatic nitrogens is 3. The van der Waals surface area contributed by atoms with Crippen LogP contribution < -0.4 is 4.90 Å². The maximum atomic E-state index is 12.7. The zero-order valence-corrected chi connectivity index (χ0v) is 18.0. The second kappa shape index (κ2) is 8.63. The van der Waals surface area contributed by atoms with Crippen molar-refractivity contribution in [3.63, 3.8) is 0 Å². The molecule has 1 saturated carbocycles. The molecule has 160 valence electrons. The van der Waals surface area contributed by atoms with Gasteiger partial charge in [-0.15, -0.1) is 10.2 Å². The van der Waals surface area contributed by atoms with Crippen LogP contribution in [0.5, 0.6) is 0 Å². The normalized spacial score (nSPS) is 16.9. The van der Waals surface area contributed by atoms with Crippen LogP contribution in [0.2, 0.25) is 0 Å². The Morgan fingerprint density at radius 2 is 1.90 bits per heavy atom. The number of piperazine rings is 1. The fraction of sp³-hybridized carbons (Fsp3) is 0.550. The molecule has 0 N–H and O–H groups in total. The highest BCUT2D eigenvalue weighted by atomic mass is 32.2. The number of amides is 1. The van der Waals surface area contributed by atoms with Crippen LogP contribution in [-0.4, -0.2) is 62.4 Å². The lowest BCUT2D eigenvalue weighted by atomic mass is 10.2. The Morgan fingerprint density at radius 1 is 1.20 bits per heavy atom. The SMILES string of the molecule is CC(C)c1nnc(SCC(=O)N2CCN(c3ccccc3[N+](=O)[O-])CC2)n1C1CC1. The average molecular weight is 431 g/mol. The van der Waals surface area contributed by atoms with Gasteiger partial charge in [0.2, 0.25) is 5.91 Å². The predicted molar refractivity (Wildman–Crippen MR) is 115 cm³/mol. The van der Waals surface area contributed by atoms with Gasteiger partial charge in [-0.1, -0.05) is 37.7 Å². The highest BCUT2D eigenvalue weighted by Crippen LogP contribution is 2.40. The first-order valence-corrected chi connectivity index (χ1v) is 11.3. The Kier molecular flexibility index (Phi) is 5.94.